The summed E-state index contributed by atoms with van der Waals surface area (Å²) in [5.74, 6) is 0. The maximum atomic E-state index is 11.6. The second-order valence-electron chi connectivity index (χ2n) is 5.84. The molecule has 0 saturated carbocycles. The Morgan fingerprint density at radius 2 is 1.64 bits per heavy atom. The van der Waals surface area contributed by atoms with Crippen molar-refractivity contribution >= 4 is 34.0 Å². The maximum absolute atomic E-state index is 11.6. The lowest BCUT2D eigenvalue weighted by Gasteiger charge is -2.16. The van der Waals surface area contributed by atoms with Gasteiger partial charge in [0.1, 0.15) is 0 Å². The van der Waals surface area contributed by atoms with Crippen LogP contribution in [0.2, 0.25) is 10.0 Å². The predicted octanol–water partition coefficient (Wildman–Crippen LogP) is 6.08. The summed E-state index contributed by atoms with van der Waals surface area (Å²) >= 11 is 12.6. The highest BCUT2D eigenvalue weighted by Gasteiger charge is 2.16. The van der Waals surface area contributed by atoms with Crippen LogP contribution in [-0.2, 0) is 10.8 Å². The minimum absolute atomic E-state index is 0.526. The minimum Gasteiger partial charge on any atom is -0.260 e. The summed E-state index contributed by atoms with van der Waals surface area (Å²) in [6, 6.07) is 13.3. The zero-order valence-corrected chi connectivity index (χ0v) is 16.5. The van der Waals surface area contributed by atoms with Gasteiger partial charge in [-0.2, -0.15) is 0 Å². The van der Waals surface area contributed by atoms with Gasteiger partial charge in [0.25, 0.3) is 0 Å². The Morgan fingerprint density at radius 1 is 0.960 bits per heavy atom. The van der Waals surface area contributed by atoms with Gasteiger partial charge < -0.3 is 0 Å². The summed E-state index contributed by atoms with van der Waals surface area (Å²) in [5.41, 5.74) is 5.90. The van der Waals surface area contributed by atoms with E-state index in [9.17, 15) is 4.21 Å². The molecule has 2 aromatic carbocycles. The van der Waals surface area contributed by atoms with Crippen LogP contribution in [0.15, 0.2) is 53.6 Å². The van der Waals surface area contributed by atoms with Crippen molar-refractivity contribution in [2.45, 2.75) is 18.7 Å². The summed E-state index contributed by atoms with van der Waals surface area (Å²) in [6.07, 6.45) is 3.54. The standard InChI is InChI=1S/C20H17Cl2NOS/c1-12-17(14-7-9-15(10-8-14)25(3)24)11-23-13(2)19(12)16-5-4-6-18(21)20(16)22/h4-11H,1-3H3. The number of halogens is 2. The summed E-state index contributed by atoms with van der Waals surface area (Å²) < 4.78 is 11.6. The van der Waals surface area contributed by atoms with Crippen molar-refractivity contribution in [2.75, 3.05) is 6.26 Å². The number of rotatable bonds is 3. The second kappa shape index (κ2) is 7.28. The molecule has 1 heterocycles. The van der Waals surface area contributed by atoms with E-state index in [4.69, 9.17) is 23.2 Å². The first-order chi connectivity index (χ1) is 11.9. The largest absolute Gasteiger partial charge is 0.260 e. The molecule has 0 bridgehead atoms. The molecule has 1 unspecified atom stereocenters. The molecule has 0 aliphatic carbocycles. The van der Waals surface area contributed by atoms with Crippen LogP contribution in [0.3, 0.4) is 0 Å². The van der Waals surface area contributed by atoms with Gasteiger partial charge >= 0.3 is 0 Å². The quantitative estimate of drug-likeness (QED) is 0.543. The summed E-state index contributed by atoms with van der Waals surface area (Å²) in [5, 5.41) is 1.06. The number of nitrogens with zero attached hydrogens (tertiary/aromatic N) is 1. The molecule has 0 spiro atoms. The van der Waals surface area contributed by atoms with E-state index in [2.05, 4.69) is 11.9 Å². The van der Waals surface area contributed by atoms with Crippen LogP contribution in [-0.4, -0.2) is 15.4 Å². The van der Waals surface area contributed by atoms with Gasteiger partial charge in [-0.15, -0.1) is 0 Å². The monoisotopic (exact) mass is 389 g/mol. The van der Waals surface area contributed by atoms with Gasteiger partial charge in [0.05, 0.1) is 10.0 Å². The Morgan fingerprint density at radius 3 is 2.28 bits per heavy atom. The fraction of sp³-hybridized carbons (Fsp3) is 0.150. The van der Waals surface area contributed by atoms with Crippen LogP contribution in [0, 0.1) is 13.8 Å². The Hall–Kier alpha value is -1.68. The fourth-order valence-corrected chi connectivity index (χ4v) is 3.85. The molecule has 25 heavy (non-hydrogen) atoms. The molecule has 0 fully saturated rings. The van der Waals surface area contributed by atoms with Crippen LogP contribution in [0.4, 0.5) is 0 Å². The van der Waals surface area contributed by atoms with E-state index in [1.54, 1.807) is 12.3 Å². The highest BCUT2D eigenvalue weighted by molar-refractivity contribution is 7.84. The minimum atomic E-state index is -0.990. The summed E-state index contributed by atoms with van der Waals surface area (Å²) in [4.78, 5) is 5.36. The molecule has 0 amide bonds. The van der Waals surface area contributed by atoms with Crippen molar-refractivity contribution in [3.63, 3.8) is 0 Å². The summed E-state index contributed by atoms with van der Waals surface area (Å²) in [7, 11) is -0.990. The van der Waals surface area contributed by atoms with Crippen molar-refractivity contribution in [1.82, 2.24) is 4.98 Å². The molecule has 128 valence electrons. The third-order valence-electron chi connectivity index (χ3n) is 4.25. The van der Waals surface area contributed by atoms with Gasteiger partial charge in [-0.25, -0.2) is 0 Å². The SMILES string of the molecule is Cc1ncc(-c2ccc(S(C)=O)cc2)c(C)c1-c1cccc(Cl)c1Cl. The number of aryl methyl sites for hydroxylation is 1. The average Bonchev–Trinajstić information content (AvgIpc) is 2.59. The Bertz CT molecular complexity index is 968. The summed E-state index contributed by atoms with van der Waals surface area (Å²) in [6.45, 7) is 4.02. The van der Waals surface area contributed by atoms with E-state index in [1.807, 2.05) is 49.5 Å². The van der Waals surface area contributed by atoms with Crippen LogP contribution >= 0.6 is 23.2 Å². The lowest BCUT2D eigenvalue weighted by Crippen LogP contribution is -1.96. The number of aromatic nitrogens is 1. The second-order valence-corrected chi connectivity index (χ2v) is 8.00. The number of benzene rings is 2. The van der Waals surface area contributed by atoms with Gasteiger partial charge in [-0.3, -0.25) is 9.19 Å². The van der Waals surface area contributed by atoms with Crippen LogP contribution in [0.5, 0.6) is 0 Å². The van der Waals surface area contributed by atoms with Gasteiger partial charge in [0.2, 0.25) is 0 Å². The lowest BCUT2D eigenvalue weighted by atomic mass is 9.93. The van der Waals surface area contributed by atoms with Crippen molar-refractivity contribution in [3.05, 3.63) is 70.0 Å². The zero-order chi connectivity index (χ0) is 18.1. The average molecular weight is 390 g/mol. The molecule has 0 saturated heterocycles. The van der Waals surface area contributed by atoms with E-state index >= 15 is 0 Å². The normalized spacial score (nSPS) is 12.2. The highest BCUT2D eigenvalue weighted by Crippen LogP contribution is 2.39. The van der Waals surface area contributed by atoms with Crippen LogP contribution < -0.4 is 0 Å². The molecular formula is C20H17Cl2NOS. The maximum Gasteiger partial charge on any atom is 0.0671 e. The Balaban J connectivity index is 2.18. The van der Waals surface area contributed by atoms with Gasteiger partial charge in [0.15, 0.2) is 0 Å². The first kappa shape index (κ1) is 18.1. The molecule has 3 aromatic rings. The van der Waals surface area contributed by atoms with E-state index in [0.29, 0.717) is 10.0 Å². The van der Waals surface area contributed by atoms with Gasteiger partial charge in [-0.1, -0.05) is 47.5 Å². The molecule has 0 aliphatic heterocycles. The molecule has 1 aromatic heterocycles. The lowest BCUT2D eigenvalue weighted by molar-refractivity contribution is 0.687. The first-order valence-electron chi connectivity index (χ1n) is 7.74. The third-order valence-corrected chi connectivity index (χ3v) is 6.00. The molecule has 0 radical (unpaired) electrons. The van der Waals surface area contributed by atoms with E-state index in [0.717, 1.165) is 38.4 Å². The third kappa shape index (κ3) is 3.50. The first-order valence-corrected chi connectivity index (χ1v) is 10.1. The van der Waals surface area contributed by atoms with E-state index in [1.165, 1.54) is 0 Å². The topological polar surface area (TPSA) is 30.0 Å². The van der Waals surface area contributed by atoms with Gasteiger partial charge in [-0.05, 0) is 43.2 Å². The van der Waals surface area contributed by atoms with Crippen molar-refractivity contribution in [2.24, 2.45) is 0 Å². The van der Waals surface area contributed by atoms with Crippen LogP contribution in [0.25, 0.3) is 22.3 Å². The van der Waals surface area contributed by atoms with E-state index in [-0.39, 0.29) is 0 Å². The molecule has 3 rings (SSSR count). The van der Waals surface area contributed by atoms with Crippen molar-refractivity contribution in [3.8, 4) is 22.3 Å². The molecule has 0 N–H and O–H groups in total. The van der Waals surface area contributed by atoms with Crippen molar-refractivity contribution < 1.29 is 4.21 Å². The van der Waals surface area contributed by atoms with E-state index < -0.39 is 10.8 Å². The molecule has 5 heteroatoms. The predicted molar refractivity (Wildman–Crippen MR) is 107 cm³/mol. The van der Waals surface area contributed by atoms with Gasteiger partial charge in [0, 0.05) is 50.5 Å². The number of hydrogen-bond donors (Lipinski definition) is 0. The Labute approximate surface area is 160 Å². The molecule has 2 nitrogen and oxygen atoms in total. The zero-order valence-electron chi connectivity index (χ0n) is 14.1. The number of hydrogen-bond acceptors (Lipinski definition) is 2. The van der Waals surface area contributed by atoms with Crippen molar-refractivity contribution in [1.29, 1.82) is 0 Å². The smallest absolute Gasteiger partial charge is 0.0671 e. The molecule has 0 aliphatic rings. The Kier molecular flexibility index (Phi) is 5.28. The molecule has 1 atom stereocenters. The fourth-order valence-electron chi connectivity index (χ4n) is 2.94. The molecular weight excluding hydrogens is 373 g/mol. The highest BCUT2D eigenvalue weighted by atomic mass is 35.5. The van der Waals surface area contributed by atoms with Crippen LogP contribution in [0.1, 0.15) is 11.3 Å². The number of pyridine rings is 1.